The largest absolute Gasteiger partial charge is 0.301 e. The molecule has 1 rings (SSSR count). The number of likely N-dealkylation sites (N-methyl/N-ethyl adjacent to an activating group) is 2. The van der Waals surface area contributed by atoms with Crippen LogP contribution in [0.3, 0.4) is 0 Å². The van der Waals surface area contributed by atoms with Gasteiger partial charge in [0.25, 0.3) is 6.43 Å². The summed E-state index contributed by atoms with van der Waals surface area (Å²) in [6.45, 7) is 0.0762. The summed E-state index contributed by atoms with van der Waals surface area (Å²) in [6, 6.07) is 2.23. The van der Waals surface area contributed by atoms with Crippen molar-refractivity contribution in [3.63, 3.8) is 0 Å². The molecule has 0 saturated heterocycles. The first kappa shape index (κ1) is 12.3. The zero-order valence-corrected chi connectivity index (χ0v) is 9.13. The van der Waals surface area contributed by atoms with Gasteiger partial charge in [-0.3, -0.25) is 4.90 Å². The van der Waals surface area contributed by atoms with Crippen LogP contribution in [0.4, 0.5) is 8.78 Å². The minimum absolute atomic E-state index is 0.280. The Kier molecular flexibility index (Phi) is 4.00. The fourth-order valence-electron chi connectivity index (χ4n) is 1.90. The van der Waals surface area contributed by atoms with E-state index in [0.29, 0.717) is 12.5 Å². The van der Waals surface area contributed by atoms with Crippen molar-refractivity contribution in [2.75, 3.05) is 27.2 Å². The molecular formula is C10H17F2N3. The Morgan fingerprint density at radius 3 is 2.53 bits per heavy atom. The summed E-state index contributed by atoms with van der Waals surface area (Å²) in [5.41, 5.74) is -0.649. The van der Waals surface area contributed by atoms with Gasteiger partial charge in [-0.1, -0.05) is 0 Å². The predicted octanol–water partition coefficient (Wildman–Crippen LogP) is 1.08. The van der Waals surface area contributed by atoms with Gasteiger partial charge < -0.3 is 5.32 Å². The molecule has 15 heavy (non-hydrogen) atoms. The van der Waals surface area contributed by atoms with Crippen LogP contribution in [-0.4, -0.2) is 44.0 Å². The number of halogens is 2. The Hall–Kier alpha value is -0.730. The van der Waals surface area contributed by atoms with E-state index < -0.39 is 12.0 Å². The lowest BCUT2D eigenvalue weighted by Crippen LogP contribution is -2.52. The minimum Gasteiger partial charge on any atom is -0.301 e. The topological polar surface area (TPSA) is 39.1 Å². The van der Waals surface area contributed by atoms with Gasteiger partial charge in [0.1, 0.15) is 5.54 Å². The average Bonchev–Trinajstić information content (AvgIpc) is 2.96. The third-order valence-electron chi connectivity index (χ3n) is 2.89. The number of rotatable bonds is 6. The van der Waals surface area contributed by atoms with Gasteiger partial charge in [0, 0.05) is 6.54 Å². The molecular weight excluding hydrogens is 200 g/mol. The molecule has 86 valence electrons. The van der Waals surface area contributed by atoms with E-state index in [-0.39, 0.29) is 6.54 Å². The summed E-state index contributed by atoms with van der Waals surface area (Å²) in [7, 11) is 3.34. The molecule has 1 saturated carbocycles. The molecule has 0 aromatic heterocycles. The van der Waals surface area contributed by atoms with Crippen LogP contribution in [0.1, 0.15) is 12.8 Å². The summed E-state index contributed by atoms with van der Waals surface area (Å²) in [5, 5.41) is 12.1. The van der Waals surface area contributed by atoms with Crippen LogP contribution in [0.15, 0.2) is 0 Å². The molecule has 0 aromatic rings. The molecule has 0 aliphatic heterocycles. The van der Waals surface area contributed by atoms with Crippen molar-refractivity contribution < 1.29 is 8.78 Å². The van der Waals surface area contributed by atoms with Crippen molar-refractivity contribution in [1.29, 1.82) is 5.26 Å². The predicted molar refractivity (Wildman–Crippen MR) is 53.6 cm³/mol. The van der Waals surface area contributed by atoms with Gasteiger partial charge in [-0.25, -0.2) is 8.78 Å². The van der Waals surface area contributed by atoms with Gasteiger partial charge in [0.2, 0.25) is 0 Å². The molecule has 3 nitrogen and oxygen atoms in total. The SMILES string of the molecule is CNC(C#N)(CN(C)CC(F)F)C1CC1. The fourth-order valence-corrected chi connectivity index (χ4v) is 1.90. The third kappa shape index (κ3) is 3.11. The van der Waals surface area contributed by atoms with E-state index in [1.807, 2.05) is 0 Å². The van der Waals surface area contributed by atoms with Crippen LogP contribution in [0.2, 0.25) is 0 Å². The number of nitrogens with one attached hydrogen (secondary N) is 1. The first-order valence-corrected chi connectivity index (χ1v) is 5.11. The molecule has 0 amide bonds. The molecule has 0 spiro atoms. The van der Waals surface area contributed by atoms with Crippen molar-refractivity contribution in [3.8, 4) is 6.07 Å². The van der Waals surface area contributed by atoms with E-state index in [2.05, 4.69) is 11.4 Å². The number of hydrogen-bond acceptors (Lipinski definition) is 3. The van der Waals surface area contributed by atoms with Crippen LogP contribution in [0.25, 0.3) is 0 Å². The van der Waals surface area contributed by atoms with Gasteiger partial charge in [-0.2, -0.15) is 5.26 Å². The summed E-state index contributed by atoms with van der Waals surface area (Å²) in [6.07, 6.45) is -0.323. The molecule has 1 N–H and O–H groups in total. The third-order valence-corrected chi connectivity index (χ3v) is 2.89. The number of alkyl halides is 2. The highest BCUT2D eigenvalue weighted by Gasteiger charge is 2.45. The lowest BCUT2D eigenvalue weighted by molar-refractivity contribution is 0.0891. The summed E-state index contributed by atoms with van der Waals surface area (Å²) < 4.78 is 24.3. The molecule has 0 radical (unpaired) electrons. The highest BCUT2D eigenvalue weighted by Crippen LogP contribution is 2.39. The minimum atomic E-state index is -2.34. The second kappa shape index (κ2) is 4.86. The molecule has 0 bridgehead atoms. The summed E-state index contributed by atoms with van der Waals surface area (Å²) >= 11 is 0. The van der Waals surface area contributed by atoms with Crippen LogP contribution in [0, 0.1) is 17.2 Å². The van der Waals surface area contributed by atoms with E-state index >= 15 is 0 Å². The lowest BCUT2D eigenvalue weighted by Gasteiger charge is -2.30. The molecule has 1 aliphatic carbocycles. The van der Waals surface area contributed by atoms with Crippen LogP contribution in [-0.2, 0) is 0 Å². The number of nitrogens with zero attached hydrogens (tertiary/aromatic N) is 2. The number of hydrogen-bond donors (Lipinski definition) is 1. The van der Waals surface area contributed by atoms with Crippen LogP contribution in [0.5, 0.6) is 0 Å². The van der Waals surface area contributed by atoms with E-state index in [4.69, 9.17) is 5.26 Å². The Morgan fingerprint density at radius 2 is 2.20 bits per heavy atom. The van der Waals surface area contributed by atoms with E-state index in [1.165, 1.54) is 4.90 Å². The van der Waals surface area contributed by atoms with Crippen molar-refractivity contribution in [1.82, 2.24) is 10.2 Å². The first-order valence-electron chi connectivity index (χ1n) is 5.11. The van der Waals surface area contributed by atoms with Crippen LogP contribution >= 0.6 is 0 Å². The standard InChI is InChI=1S/C10H17F2N3/c1-14-10(6-13,8-3-4-8)7-15(2)5-9(11)12/h8-9,14H,3-5,7H2,1-2H3. The Balaban J connectivity index is 2.55. The van der Waals surface area contributed by atoms with Crippen molar-refractivity contribution in [3.05, 3.63) is 0 Å². The molecule has 1 fully saturated rings. The Bertz CT molecular complexity index is 248. The molecule has 5 heteroatoms. The van der Waals surface area contributed by atoms with E-state index in [0.717, 1.165) is 12.8 Å². The normalized spacial score (nSPS) is 20.3. The molecule has 1 atom stereocenters. The summed E-state index contributed by atoms with van der Waals surface area (Å²) in [4.78, 5) is 1.52. The average molecular weight is 217 g/mol. The van der Waals surface area contributed by atoms with E-state index in [9.17, 15) is 8.78 Å². The summed E-state index contributed by atoms with van der Waals surface area (Å²) in [5.74, 6) is 0.313. The first-order chi connectivity index (χ1) is 7.04. The molecule has 1 aliphatic rings. The maximum Gasteiger partial charge on any atom is 0.251 e. The molecule has 0 heterocycles. The Labute approximate surface area is 89.1 Å². The second-order valence-corrected chi connectivity index (χ2v) is 4.20. The lowest BCUT2D eigenvalue weighted by atomic mass is 9.94. The molecule has 0 aromatic carbocycles. The smallest absolute Gasteiger partial charge is 0.251 e. The highest BCUT2D eigenvalue weighted by molar-refractivity contribution is 5.16. The van der Waals surface area contributed by atoms with Gasteiger partial charge in [-0.15, -0.1) is 0 Å². The zero-order valence-electron chi connectivity index (χ0n) is 9.13. The highest BCUT2D eigenvalue weighted by atomic mass is 19.3. The quantitative estimate of drug-likeness (QED) is 0.723. The van der Waals surface area contributed by atoms with Gasteiger partial charge in [0.15, 0.2) is 0 Å². The van der Waals surface area contributed by atoms with Crippen molar-refractivity contribution >= 4 is 0 Å². The van der Waals surface area contributed by atoms with Crippen molar-refractivity contribution in [2.45, 2.75) is 24.8 Å². The van der Waals surface area contributed by atoms with Gasteiger partial charge in [-0.05, 0) is 32.9 Å². The molecule has 1 unspecified atom stereocenters. The maximum absolute atomic E-state index is 12.1. The van der Waals surface area contributed by atoms with Gasteiger partial charge in [0.05, 0.1) is 12.6 Å². The maximum atomic E-state index is 12.1. The monoisotopic (exact) mass is 217 g/mol. The van der Waals surface area contributed by atoms with Gasteiger partial charge >= 0.3 is 0 Å². The Morgan fingerprint density at radius 1 is 1.60 bits per heavy atom. The van der Waals surface area contributed by atoms with Crippen LogP contribution < -0.4 is 5.32 Å². The zero-order chi connectivity index (χ0) is 11.5. The second-order valence-electron chi connectivity index (χ2n) is 4.20. The van der Waals surface area contributed by atoms with E-state index in [1.54, 1.807) is 14.1 Å². The fraction of sp³-hybridized carbons (Fsp3) is 0.900. The number of nitriles is 1. The van der Waals surface area contributed by atoms with Crippen molar-refractivity contribution in [2.24, 2.45) is 5.92 Å².